The van der Waals surface area contributed by atoms with Crippen molar-refractivity contribution >= 4 is 6.29 Å². The highest BCUT2D eigenvalue weighted by molar-refractivity contribution is 5.54. The first-order valence-corrected chi connectivity index (χ1v) is 25.9. The third-order valence-electron chi connectivity index (χ3n) is 14.1. The Kier molecular flexibility index (Phi) is 28.0. The van der Waals surface area contributed by atoms with E-state index in [-0.39, 0.29) is 12.0 Å². The van der Waals surface area contributed by atoms with Gasteiger partial charge in [0, 0.05) is 26.2 Å². The minimum atomic E-state index is -0.504. The molecule has 65 heavy (non-hydrogen) atoms. The summed E-state index contributed by atoms with van der Waals surface area (Å²) in [5.74, 6) is 5.35. The van der Waals surface area contributed by atoms with Gasteiger partial charge in [-0.25, -0.2) is 0 Å². The largest absolute Gasteiger partial charge is 0.396 e. The molecule has 0 spiro atoms. The Labute approximate surface area is 400 Å². The number of carbonyl (C=O) groups excluding carboxylic acids is 1. The molecule has 5 nitrogen and oxygen atoms in total. The van der Waals surface area contributed by atoms with Crippen LogP contribution in [0.5, 0.6) is 0 Å². The maximum absolute atomic E-state index is 10.5. The van der Waals surface area contributed by atoms with E-state index < -0.39 is 11.2 Å². The lowest BCUT2D eigenvalue weighted by Crippen LogP contribution is -2.23. The van der Waals surface area contributed by atoms with Crippen LogP contribution in [0.25, 0.3) is 0 Å². The van der Waals surface area contributed by atoms with Crippen LogP contribution in [0.15, 0.2) is 95.6 Å². The number of unbranched alkanes of at least 4 members (excludes halogenated alkanes) is 1. The maximum Gasteiger partial charge on any atom is 0.123 e. The van der Waals surface area contributed by atoms with Gasteiger partial charge in [-0.3, -0.25) is 0 Å². The van der Waals surface area contributed by atoms with Crippen molar-refractivity contribution in [2.24, 2.45) is 40.9 Å². The van der Waals surface area contributed by atoms with Gasteiger partial charge in [-0.05, 0) is 183 Å². The Morgan fingerprint density at radius 3 is 2.03 bits per heavy atom. The number of methoxy groups -OCH3 is 1. The molecule has 0 aromatic heterocycles. The van der Waals surface area contributed by atoms with E-state index in [4.69, 9.17) is 9.84 Å². The fourth-order valence-electron chi connectivity index (χ4n) is 9.83. The molecule has 3 fully saturated rings. The second-order valence-electron chi connectivity index (χ2n) is 22.3. The molecule has 0 aliphatic heterocycles. The number of ether oxygens (including phenoxy) is 1. The normalized spacial score (nSPS) is 22.4. The van der Waals surface area contributed by atoms with Crippen molar-refractivity contribution in [3.63, 3.8) is 0 Å². The summed E-state index contributed by atoms with van der Waals surface area (Å²) in [6, 6.07) is 20.6. The average molecular weight is 899 g/mol. The van der Waals surface area contributed by atoms with Crippen molar-refractivity contribution < 1.29 is 24.9 Å². The minimum absolute atomic E-state index is 0.00134. The summed E-state index contributed by atoms with van der Waals surface area (Å²) in [5, 5.41) is 28.2. The van der Waals surface area contributed by atoms with Crippen molar-refractivity contribution in [1.29, 1.82) is 0 Å². The van der Waals surface area contributed by atoms with Crippen molar-refractivity contribution in [1.82, 2.24) is 0 Å². The third-order valence-corrected chi connectivity index (χ3v) is 14.1. The SMILES string of the molecule is CC(C)(CO)Cc1ccccc1.CC(C)=CCCC1=CCC(C=O)CC1.CC(C)CCCC(C)(C)O.CCC(C)(O)CCc1ccccc1.COCCCC=C1CC2CC1C1CCCC21. The quantitative estimate of drug-likeness (QED) is 0.0743. The molecule has 6 atom stereocenters. The highest BCUT2D eigenvalue weighted by atomic mass is 16.5. The Balaban J connectivity index is 0.000000282. The van der Waals surface area contributed by atoms with Crippen LogP contribution in [-0.4, -0.2) is 53.1 Å². The fourth-order valence-corrected chi connectivity index (χ4v) is 9.83. The molecule has 368 valence electrons. The van der Waals surface area contributed by atoms with Gasteiger partial charge < -0.3 is 24.9 Å². The number of hydrogen-bond donors (Lipinski definition) is 3. The molecule has 5 heteroatoms. The number of aldehydes is 1. The number of hydrogen-bond acceptors (Lipinski definition) is 5. The van der Waals surface area contributed by atoms with Gasteiger partial charge in [-0.2, -0.15) is 0 Å². The first kappa shape index (κ1) is 58.3. The zero-order valence-corrected chi connectivity index (χ0v) is 43.6. The van der Waals surface area contributed by atoms with E-state index in [0.29, 0.717) is 5.92 Å². The van der Waals surface area contributed by atoms with Gasteiger partial charge in [0.05, 0.1) is 11.2 Å². The predicted octanol–water partition coefficient (Wildman–Crippen LogP) is 15.1. The Hall–Kier alpha value is -2.83. The molecule has 3 N–H and O–H groups in total. The first-order valence-electron chi connectivity index (χ1n) is 25.9. The number of fused-ring (bicyclic) bond motifs is 5. The summed E-state index contributed by atoms with van der Waals surface area (Å²) in [6.07, 6.45) is 30.5. The van der Waals surface area contributed by atoms with Gasteiger partial charge in [0.2, 0.25) is 0 Å². The number of rotatable bonds is 19. The molecule has 2 aromatic carbocycles. The minimum Gasteiger partial charge on any atom is -0.396 e. The van der Waals surface area contributed by atoms with Gasteiger partial charge in [0.15, 0.2) is 0 Å². The lowest BCUT2D eigenvalue weighted by atomic mass is 9.79. The molecule has 4 aliphatic rings. The number of carbonyl (C=O) groups is 1. The number of benzene rings is 2. The number of allylic oxidation sites excluding steroid dienone is 6. The summed E-state index contributed by atoms with van der Waals surface area (Å²) >= 11 is 0. The Bertz CT molecular complexity index is 1620. The summed E-state index contributed by atoms with van der Waals surface area (Å²) in [4.78, 5) is 10.5. The molecule has 6 rings (SSSR count). The molecular weight excluding hydrogens is 801 g/mol. The lowest BCUT2D eigenvalue weighted by Gasteiger charge is -2.26. The average Bonchev–Trinajstić information content (AvgIpc) is 4.02. The van der Waals surface area contributed by atoms with Crippen molar-refractivity contribution in [3.8, 4) is 0 Å². The Morgan fingerprint density at radius 1 is 0.846 bits per heavy atom. The van der Waals surface area contributed by atoms with E-state index in [1.54, 1.807) is 19.1 Å². The first-order chi connectivity index (χ1) is 30.8. The topological polar surface area (TPSA) is 87.0 Å². The Morgan fingerprint density at radius 2 is 1.49 bits per heavy atom. The molecule has 0 heterocycles. The monoisotopic (exact) mass is 899 g/mol. The fraction of sp³-hybridized carbons (Fsp3) is 0.683. The van der Waals surface area contributed by atoms with Crippen LogP contribution in [0.3, 0.4) is 0 Å². The highest BCUT2D eigenvalue weighted by Crippen LogP contribution is 2.60. The molecule has 2 aromatic rings. The molecule has 3 saturated carbocycles. The second-order valence-corrected chi connectivity index (χ2v) is 22.3. The van der Waals surface area contributed by atoms with Crippen LogP contribution in [-0.2, 0) is 22.4 Å². The van der Waals surface area contributed by atoms with Gasteiger partial charge in [-0.1, -0.05) is 149 Å². The van der Waals surface area contributed by atoms with Crippen LogP contribution in [0, 0.1) is 40.9 Å². The molecule has 6 unspecified atom stereocenters. The molecule has 0 amide bonds. The van der Waals surface area contributed by atoms with E-state index in [0.717, 1.165) is 107 Å². The molecule has 4 aliphatic carbocycles. The smallest absolute Gasteiger partial charge is 0.123 e. The lowest BCUT2D eigenvalue weighted by molar-refractivity contribution is -0.111. The van der Waals surface area contributed by atoms with E-state index >= 15 is 0 Å². The van der Waals surface area contributed by atoms with Crippen molar-refractivity contribution in [2.75, 3.05) is 20.3 Å². The molecule has 0 radical (unpaired) electrons. The summed E-state index contributed by atoms with van der Waals surface area (Å²) in [7, 11) is 1.80. The zero-order valence-electron chi connectivity index (χ0n) is 43.6. The number of aliphatic hydroxyl groups excluding tert-OH is 1. The molecular formula is C60H98O5. The maximum atomic E-state index is 10.5. The van der Waals surface area contributed by atoms with Crippen LogP contribution >= 0.6 is 0 Å². The van der Waals surface area contributed by atoms with Gasteiger partial charge in [0.1, 0.15) is 6.29 Å². The van der Waals surface area contributed by atoms with E-state index in [2.05, 4.69) is 84.0 Å². The predicted molar refractivity (Wildman–Crippen MR) is 278 cm³/mol. The van der Waals surface area contributed by atoms with Crippen molar-refractivity contribution in [3.05, 3.63) is 107 Å². The van der Waals surface area contributed by atoms with Crippen LogP contribution in [0.1, 0.15) is 190 Å². The summed E-state index contributed by atoms with van der Waals surface area (Å²) < 4.78 is 5.11. The second kappa shape index (κ2) is 31.3. The highest BCUT2D eigenvalue weighted by Gasteiger charge is 2.51. The molecule has 0 saturated heterocycles. The standard InChI is InChI=1S/C15H24O.C13H20O.C12H18O.C11H16O.C9H20O/c1-16-8-3-2-5-11-9-12-10-15(11)14-7-4-6-13(12)14;1-11(2)4-3-5-12-6-8-13(10-14)9-7-12;1-3-12(2,13)10-9-11-7-5-4-6-8-11;1-11(2,9-12)8-10-6-4-3-5-7-10;1-8(2)6-5-7-9(3,4)10/h5,12-15H,2-4,6-10H2,1H3;4,6,10,13H,3,5,7-9H2,1-2H3;4-8,13H,3,9-10H2,1-2H3;3-7,12H,8-9H2,1-2H3;8,10H,5-7H2,1-4H3. The van der Waals surface area contributed by atoms with E-state index in [1.165, 1.54) is 68.1 Å². The summed E-state index contributed by atoms with van der Waals surface area (Å²) in [6.45, 7) is 21.7. The van der Waals surface area contributed by atoms with Crippen LogP contribution < -0.4 is 0 Å². The van der Waals surface area contributed by atoms with Gasteiger partial charge >= 0.3 is 0 Å². The number of aryl methyl sites for hydroxylation is 1. The van der Waals surface area contributed by atoms with E-state index in [1.807, 2.05) is 69.7 Å². The van der Waals surface area contributed by atoms with Gasteiger partial charge in [-0.15, -0.1) is 0 Å². The van der Waals surface area contributed by atoms with Crippen LogP contribution in [0.4, 0.5) is 0 Å². The third kappa shape index (κ3) is 25.8. The van der Waals surface area contributed by atoms with Gasteiger partial charge in [0.25, 0.3) is 0 Å². The number of aliphatic hydroxyl groups is 3. The molecule has 2 bridgehead atoms. The zero-order chi connectivity index (χ0) is 48.3. The van der Waals surface area contributed by atoms with E-state index in [9.17, 15) is 15.0 Å². The van der Waals surface area contributed by atoms with Crippen molar-refractivity contribution in [2.45, 2.75) is 202 Å². The van der Waals surface area contributed by atoms with Crippen LogP contribution in [0.2, 0.25) is 0 Å². The summed E-state index contributed by atoms with van der Waals surface area (Å²) in [5.41, 5.74) is 6.39.